The summed E-state index contributed by atoms with van der Waals surface area (Å²) >= 11 is 0. The summed E-state index contributed by atoms with van der Waals surface area (Å²) in [5.41, 5.74) is -0.547. The van der Waals surface area contributed by atoms with E-state index >= 15 is 0 Å². The summed E-state index contributed by atoms with van der Waals surface area (Å²) in [6.45, 7) is 4.73. The Morgan fingerprint density at radius 3 is 2.93 bits per heavy atom. The zero-order valence-electron chi connectivity index (χ0n) is 8.96. The third kappa shape index (κ3) is 2.27. The van der Waals surface area contributed by atoms with Gasteiger partial charge < -0.3 is 15.2 Å². The molecule has 3 heteroatoms. The zero-order chi connectivity index (χ0) is 10.0. The van der Waals surface area contributed by atoms with Crippen molar-refractivity contribution in [1.29, 1.82) is 0 Å². The molecular weight excluding hydrogens is 178 g/mol. The van der Waals surface area contributed by atoms with Crippen LogP contribution in [-0.2, 0) is 4.74 Å². The van der Waals surface area contributed by atoms with E-state index in [-0.39, 0.29) is 0 Å². The molecule has 2 heterocycles. The molecule has 3 unspecified atom stereocenters. The first-order valence-corrected chi connectivity index (χ1v) is 5.72. The van der Waals surface area contributed by atoms with Crippen LogP contribution in [0.4, 0.5) is 0 Å². The first-order valence-electron chi connectivity index (χ1n) is 5.72. The summed E-state index contributed by atoms with van der Waals surface area (Å²) in [6, 6.07) is 0.295. The number of rotatable bonds is 3. The van der Waals surface area contributed by atoms with E-state index in [9.17, 15) is 5.11 Å². The highest BCUT2D eigenvalue weighted by molar-refractivity contribution is 4.93. The molecule has 2 aliphatic heterocycles. The van der Waals surface area contributed by atoms with E-state index in [0.717, 1.165) is 39.0 Å². The standard InChI is InChI=1S/C11H21NO2/c1-11(13,10-3-2-5-12-10)7-9-4-6-14-8-9/h9-10,12-13H,2-8H2,1H3. The van der Waals surface area contributed by atoms with Crippen LogP contribution in [0.1, 0.15) is 32.6 Å². The molecule has 14 heavy (non-hydrogen) atoms. The first-order chi connectivity index (χ1) is 6.68. The van der Waals surface area contributed by atoms with Crippen LogP contribution < -0.4 is 5.32 Å². The summed E-state index contributed by atoms with van der Waals surface area (Å²) in [6.07, 6.45) is 4.30. The summed E-state index contributed by atoms with van der Waals surface area (Å²) in [7, 11) is 0. The highest BCUT2D eigenvalue weighted by Gasteiger charge is 2.36. The van der Waals surface area contributed by atoms with Gasteiger partial charge in [-0.05, 0) is 45.1 Å². The van der Waals surface area contributed by atoms with Gasteiger partial charge >= 0.3 is 0 Å². The van der Waals surface area contributed by atoms with Crippen molar-refractivity contribution in [3.8, 4) is 0 Å². The largest absolute Gasteiger partial charge is 0.389 e. The molecule has 0 radical (unpaired) electrons. The Kier molecular flexibility index (Phi) is 3.10. The number of aliphatic hydroxyl groups is 1. The molecule has 0 aliphatic carbocycles. The van der Waals surface area contributed by atoms with Crippen molar-refractivity contribution in [3.05, 3.63) is 0 Å². The third-order valence-corrected chi connectivity index (χ3v) is 3.54. The summed E-state index contributed by atoms with van der Waals surface area (Å²) in [5.74, 6) is 0.562. The molecule has 2 N–H and O–H groups in total. The SMILES string of the molecule is CC(O)(CC1CCOC1)C1CCCN1. The zero-order valence-corrected chi connectivity index (χ0v) is 8.96. The van der Waals surface area contributed by atoms with Gasteiger partial charge in [0.25, 0.3) is 0 Å². The number of nitrogens with one attached hydrogen (secondary N) is 1. The van der Waals surface area contributed by atoms with Gasteiger partial charge in [0.05, 0.1) is 5.60 Å². The van der Waals surface area contributed by atoms with E-state index in [1.54, 1.807) is 0 Å². The van der Waals surface area contributed by atoms with Crippen molar-refractivity contribution < 1.29 is 9.84 Å². The van der Waals surface area contributed by atoms with Crippen LogP contribution in [0.25, 0.3) is 0 Å². The Hall–Kier alpha value is -0.120. The predicted octanol–water partition coefficient (Wildman–Crippen LogP) is 0.916. The second-order valence-corrected chi connectivity index (χ2v) is 4.94. The topological polar surface area (TPSA) is 41.5 Å². The molecule has 0 aromatic rings. The summed E-state index contributed by atoms with van der Waals surface area (Å²) in [4.78, 5) is 0. The maximum absolute atomic E-state index is 10.4. The molecule has 2 saturated heterocycles. The number of ether oxygens (including phenoxy) is 1. The van der Waals surface area contributed by atoms with Crippen molar-refractivity contribution in [1.82, 2.24) is 5.32 Å². The lowest BCUT2D eigenvalue weighted by atomic mass is 9.85. The minimum atomic E-state index is -0.547. The van der Waals surface area contributed by atoms with Crippen molar-refractivity contribution in [2.45, 2.75) is 44.2 Å². The monoisotopic (exact) mass is 199 g/mol. The molecule has 2 fully saturated rings. The van der Waals surface area contributed by atoms with E-state index in [1.807, 2.05) is 6.92 Å². The third-order valence-electron chi connectivity index (χ3n) is 3.54. The Balaban J connectivity index is 1.86. The molecule has 0 spiro atoms. The molecule has 3 atom stereocenters. The Labute approximate surface area is 85.8 Å². The van der Waals surface area contributed by atoms with Crippen LogP contribution >= 0.6 is 0 Å². The van der Waals surface area contributed by atoms with Crippen molar-refractivity contribution in [2.75, 3.05) is 19.8 Å². The lowest BCUT2D eigenvalue weighted by molar-refractivity contribution is 0.00125. The highest BCUT2D eigenvalue weighted by Crippen LogP contribution is 2.29. The molecule has 2 rings (SSSR count). The molecule has 0 aromatic heterocycles. The van der Waals surface area contributed by atoms with Crippen LogP contribution in [0.5, 0.6) is 0 Å². The lowest BCUT2D eigenvalue weighted by Gasteiger charge is -2.32. The molecule has 0 saturated carbocycles. The van der Waals surface area contributed by atoms with Crippen molar-refractivity contribution in [2.24, 2.45) is 5.92 Å². The number of hydrogen-bond acceptors (Lipinski definition) is 3. The van der Waals surface area contributed by atoms with E-state index < -0.39 is 5.60 Å². The Morgan fingerprint density at radius 2 is 2.36 bits per heavy atom. The van der Waals surface area contributed by atoms with E-state index in [4.69, 9.17) is 4.74 Å². The van der Waals surface area contributed by atoms with Crippen LogP contribution in [0, 0.1) is 5.92 Å². The molecular formula is C11H21NO2. The van der Waals surface area contributed by atoms with Gasteiger partial charge in [0.2, 0.25) is 0 Å². The second-order valence-electron chi connectivity index (χ2n) is 4.94. The number of hydrogen-bond donors (Lipinski definition) is 2. The van der Waals surface area contributed by atoms with E-state index in [2.05, 4.69) is 5.32 Å². The molecule has 0 amide bonds. The maximum atomic E-state index is 10.4. The van der Waals surface area contributed by atoms with Gasteiger partial charge in [0, 0.05) is 19.3 Å². The lowest BCUT2D eigenvalue weighted by Crippen LogP contribution is -2.46. The summed E-state index contributed by atoms with van der Waals surface area (Å²) < 4.78 is 5.33. The first kappa shape index (κ1) is 10.4. The average molecular weight is 199 g/mol. The predicted molar refractivity (Wildman–Crippen MR) is 55.2 cm³/mol. The minimum Gasteiger partial charge on any atom is -0.389 e. The van der Waals surface area contributed by atoms with Gasteiger partial charge in [-0.15, -0.1) is 0 Å². The average Bonchev–Trinajstić information content (AvgIpc) is 2.71. The van der Waals surface area contributed by atoms with E-state index in [1.165, 1.54) is 6.42 Å². The fourth-order valence-corrected chi connectivity index (χ4v) is 2.69. The molecule has 3 nitrogen and oxygen atoms in total. The van der Waals surface area contributed by atoms with Crippen LogP contribution in [0.15, 0.2) is 0 Å². The highest BCUT2D eigenvalue weighted by atomic mass is 16.5. The minimum absolute atomic E-state index is 0.295. The Bertz CT molecular complexity index is 182. The smallest absolute Gasteiger partial charge is 0.0775 e. The fraction of sp³-hybridized carbons (Fsp3) is 1.00. The van der Waals surface area contributed by atoms with Crippen molar-refractivity contribution in [3.63, 3.8) is 0 Å². The normalized spacial score (nSPS) is 37.3. The van der Waals surface area contributed by atoms with Gasteiger partial charge in [-0.3, -0.25) is 0 Å². The quantitative estimate of drug-likeness (QED) is 0.710. The molecule has 2 aliphatic rings. The van der Waals surface area contributed by atoms with Gasteiger partial charge in [0.15, 0.2) is 0 Å². The van der Waals surface area contributed by atoms with Crippen LogP contribution in [-0.4, -0.2) is 36.5 Å². The molecule has 0 aromatic carbocycles. The van der Waals surface area contributed by atoms with E-state index in [0.29, 0.717) is 12.0 Å². The van der Waals surface area contributed by atoms with Gasteiger partial charge in [0.1, 0.15) is 0 Å². The summed E-state index contributed by atoms with van der Waals surface area (Å²) in [5, 5.41) is 13.7. The second kappa shape index (κ2) is 4.17. The van der Waals surface area contributed by atoms with Gasteiger partial charge in [-0.1, -0.05) is 0 Å². The molecule has 82 valence electrons. The fourth-order valence-electron chi connectivity index (χ4n) is 2.69. The van der Waals surface area contributed by atoms with Gasteiger partial charge in [-0.2, -0.15) is 0 Å². The maximum Gasteiger partial charge on any atom is 0.0775 e. The van der Waals surface area contributed by atoms with Gasteiger partial charge in [-0.25, -0.2) is 0 Å². The van der Waals surface area contributed by atoms with Crippen LogP contribution in [0.3, 0.4) is 0 Å². The molecule has 0 bridgehead atoms. The van der Waals surface area contributed by atoms with Crippen molar-refractivity contribution >= 4 is 0 Å². The Morgan fingerprint density at radius 1 is 1.50 bits per heavy atom. The van der Waals surface area contributed by atoms with Crippen LogP contribution in [0.2, 0.25) is 0 Å².